The van der Waals surface area contributed by atoms with Crippen LogP contribution in [0.3, 0.4) is 0 Å². The van der Waals surface area contributed by atoms with Gasteiger partial charge < -0.3 is 10.2 Å². The van der Waals surface area contributed by atoms with Gasteiger partial charge in [-0.3, -0.25) is 24.0 Å². The lowest BCUT2D eigenvalue weighted by Crippen LogP contribution is -2.53. The first-order chi connectivity index (χ1) is 19.5. The van der Waals surface area contributed by atoms with E-state index in [1.165, 1.54) is 23.1 Å². The summed E-state index contributed by atoms with van der Waals surface area (Å²) in [6.07, 6.45) is 2.72. The van der Waals surface area contributed by atoms with E-state index in [2.05, 4.69) is 5.32 Å². The van der Waals surface area contributed by atoms with Crippen LogP contribution < -0.4 is 9.62 Å². The number of hydrogen-bond donors (Lipinski definition) is 1. The molecule has 12 heteroatoms. The summed E-state index contributed by atoms with van der Waals surface area (Å²) in [7, 11) is -4.04. The second-order valence-corrected chi connectivity index (χ2v) is 11.9. The van der Waals surface area contributed by atoms with E-state index < -0.39 is 33.4 Å². The van der Waals surface area contributed by atoms with E-state index in [9.17, 15) is 28.1 Å². The number of non-ortho nitro benzene ring substituents is 1. The number of carbonyl (C=O) groups is 2. The number of nitro benzene ring substituents is 1. The number of amides is 2. The van der Waals surface area contributed by atoms with Crippen LogP contribution in [0.15, 0.2) is 78.9 Å². The summed E-state index contributed by atoms with van der Waals surface area (Å²) in [6, 6.07) is 20.1. The molecule has 3 aromatic rings. The smallest absolute Gasteiger partial charge is 0.271 e. The molecular formula is C29H33ClN4O6S. The molecule has 0 fully saturated rings. The predicted molar refractivity (Wildman–Crippen MR) is 159 cm³/mol. The Bertz CT molecular complexity index is 1450. The molecule has 3 rings (SSSR count). The molecule has 0 bridgehead atoms. The third-order valence-electron chi connectivity index (χ3n) is 6.37. The maximum atomic E-state index is 14.0. The van der Waals surface area contributed by atoms with Crippen molar-refractivity contribution in [1.82, 2.24) is 10.2 Å². The lowest BCUT2D eigenvalue weighted by atomic mass is 10.0. The van der Waals surface area contributed by atoms with E-state index in [0.29, 0.717) is 17.1 Å². The Morgan fingerprint density at radius 1 is 1.00 bits per heavy atom. The fourth-order valence-electron chi connectivity index (χ4n) is 4.22. The van der Waals surface area contributed by atoms with Crippen molar-refractivity contribution in [3.63, 3.8) is 0 Å². The zero-order valence-corrected chi connectivity index (χ0v) is 24.5. The van der Waals surface area contributed by atoms with Gasteiger partial charge in [0.1, 0.15) is 12.6 Å². The van der Waals surface area contributed by atoms with Crippen molar-refractivity contribution in [2.24, 2.45) is 0 Å². The highest BCUT2D eigenvalue weighted by atomic mass is 35.5. The van der Waals surface area contributed by atoms with Gasteiger partial charge in [-0.1, -0.05) is 73.5 Å². The van der Waals surface area contributed by atoms with Crippen molar-refractivity contribution in [1.29, 1.82) is 0 Å². The first kappa shape index (κ1) is 31.6. The minimum absolute atomic E-state index is 0.00123. The molecule has 1 unspecified atom stereocenters. The monoisotopic (exact) mass is 600 g/mol. The Morgan fingerprint density at radius 2 is 1.68 bits per heavy atom. The molecule has 0 aliphatic heterocycles. The Balaban J connectivity index is 2.04. The maximum Gasteiger partial charge on any atom is 0.271 e. The number of nitro groups is 1. The first-order valence-corrected chi connectivity index (χ1v) is 15.3. The third kappa shape index (κ3) is 9.29. The minimum Gasteiger partial charge on any atom is -0.354 e. The molecule has 41 heavy (non-hydrogen) atoms. The molecule has 0 radical (unpaired) electrons. The molecule has 1 N–H and O–H groups in total. The van der Waals surface area contributed by atoms with Crippen LogP contribution in [0.5, 0.6) is 0 Å². The van der Waals surface area contributed by atoms with Crippen molar-refractivity contribution < 1.29 is 22.9 Å². The molecule has 0 spiro atoms. The summed E-state index contributed by atoms with van der Waals surface area (Å²) in [5, 5.41) is 14.7. The van der Waals surface area contributed by atoms with Gasteiger partial charge in [0, 0.05) is 36.7 Å². The highest BCUT2D eigenvalue weighted by Crippen LogP contribution is 2.24. The van der Waals surface area contributed by atoms with Crippen LogP contribution in [0.4, 0.5) is 11.4 Å². The summed E-state index contributed by atoms with van der Waals surface area (Å²) in [6.45, 7) is 1.76. The largest absolute Gasteiger partial charge is 0.354 e. The van der Waals surface area contributed by atoms with Gasteiger partial charge in [0.25, 0.3) is 5.69 Å². The number of benzene rings is 3. The molecule has 0 aliphatic rings. The molecule has 0 saturated heterocycles. The third-order valence-corrected chi connectivity index (χ3v) is 7.77. The highest BCUT2D eigenvalue weighted by Gasteiger charge is 2.33. The van der Waals surface area contributed by atoms with Crippen molar-refractivity contribution in [2.75, 3.05) is 23.7 Å². The van der Waals surface area contributed by atoms with Gasteiger partial charge in [0.05, 0.1) is 16.9 Å². The van der Waals surface area contributed by atoms with Crippen LogP contribution in [-0.4, -0.2) is 55.4 Å². The predicted octanol–water partition coefficient (Wildman–Crippen LogP) is 4.57. The summed E-state index contributed by atoms with van der Waals surface area (Å²) in [4.78, 5) is 39.6. The topological polar surface area (TPSA) is 130 Å². The van der Waals surface area contributed by atoms with E-state index in [1.54, 1.807) is 24.3 Å². The van der Waals surface area contributed by atoms with Gasteiger partial charge in [-0.15, -0.1) is 0 Å². The number of unbranched alkanes of at least 4 members (excludes halogenated alkanes) is 1. The fourth-order valence-corrected chi connectivity index (χ4v) is 5.19. The second-order valence-electron chi connectivity index (χ2n) is 9.54. The number of carbonyl (C=O) groups excluding carboxylic acids is 2. The molecule has 0 saturated carbocycles. The Labute approximate surface area is 245 Å². The van der Waals surface area contributed by atoms with Crippen molar-refractivity contribution in [3.8, 4) is 0 Å². The lowest BCUT2D eigenvalue weighted by Gasteiger charge is -2.33. The average molecular weight is 601 g/mol. The van der Waals surface area contributed by atoms with Crippen molar-refractivity contribution >= 4 is 44.8 Å². The Kier molecular flexibility index (Phi) is 11.2. The van der Waals surface area contributed by atoms with Crippen LogP contribution in [0.2, 0.25) is 5.02 Å². The van der Waals surface area contributed by atoms with Gasteiger partial charge in [0.2, 0.25) is 21.8 Å². The quantitative estimate of drug-likeness (QED) is 0.164. The number of rotatable bonds is 14. The summed E-state index contributed by atoms with van der Waals surface area (Å²) in [5.41, 5.74) is 1.14. The fraction of sp³-hybridized carbons (Fsp3) is 0.310. The van der Waals surface area contributed by atoms with Crippen LogP contribution >= 0.6 is 11.6 Å². The number of nitrogens with one attached hydrogen (secondary N) is 1. The lowest BCUT2D eigenvalue weighted by molar-refractivity contribution is -0.384. The van der Waals surface area contributed by atoms with E-state index in [-0.39, 0.29) is 30.2 Å². The van der Waals surface area contributed by atoms with Gasteiger partial charge in [-0.25, -0.2) is 8.42 Å². The minimum atomic E-state index is -4.04. The number of halogens is 1. The summed E-state index contributed by atoms with van der Waals surface area (Å²) in [5.74, 6) is -1.02. The van der Waals surface area contributed by atoms with E-state index in [0.717, 1.165) is 35.0 Å². The first-order valence-electron chi connectivity index (χ1n) is 13.1. The van der Waals surface area contributed by atoms with Crippen LogP contribution in [-0.2, 0) is 32.6 Å². The van der Waals surface area contributed by atoms with Crippen LogP contribution in [0.1, 0.15) is 30.9 Å². The molecule has 10 nitrogen and oxygen atoms in total. The maximum absolute atomic E-state index is 14.0. The van der Waals surface area contributed by atoms with Gasteiger partial charge in [-0.05, 0) is 35.7 Å². The normalized spacial score (nSPS) is 11.9. The highest BCUT2D eigenvalue weighted by molar-refractivity contribution is 7.92. The molecule has 1 atom stereocenters. The van der Waals surface area contributed by atoms with E-state index in [1.807, 2.05) is 37.3 Å². The average Bonchev–Trinajstić information content (AvgIpc) is 2.94. The number of sulfonamides is 1. The Hall–Kier alpha value is -3.96. The molecule has 2 amide bonds. The Morgan fingerprint density at radius 3 is 2.29 bits per heavy atom. The number of anilines is 1. The summed E-state index contributed by atoms with van der Waals surface area (Å²) >= 11 is 6.06. The molecule has 0 aliphatic carbocycles. The van der Waals surface area contributed by atoms with Crippen molar-refractivity contribution in [3.05, 3.63) is 105 Å². The number of nitrogens with zero attached hydrogens (tertiary/aromatic N) is 3. The molecule has 0 heterocycles. The van der Waals surface area contributed by atoms with Gasteiger partial charge >= 0.3 is 0 Å². The van der Waals surface area contributed by atoms with Crippen molar-refractivity contribution in [2.45, 2.75) is 38.8 Å². The van der Waals surface area contributed by atoms with Gasteiger partial charge in [-0.2, -0.15) is 0 Å². The SMILES string of the molecule is CCCCNC(=O)C(Cc1ccccc1)N(Cc1ccc(Cl)cc1)C(=O)CN(c1cccc([N+](=O)[O-])c1)S(C)(=O)=O. The van der Waals surface area contributed by atoms with E-state index in [4.69, 9.17) is 11.6 Å². The van der Waals surface area contributed by atoms with E-state index >= 15 is 0 Å². The molecule has 0 aromatic heterocycles. The molecule has 218 valence electrons. The zero-order valence-electron chi connectivity index (χ0n) is 22.9. The molecule has 3 aromatic carbocycles. The molecular weight excluding hydrogens is 568 g/mol. The zero-order chi connectivity index (χ0) is 30.0. The second kappa shape index (κ2) is 14.6. The van der Waals surface area contributed by atoms with Crippen LogP contribution in [0, 0.1) is 10.1 Å². The summed E-state index contributed by atoms with van der Waals surface area (Å²) < 4.78 is 26.5. The van der Waals surface area contributed by atoms with Crippen LogP contribution in [0.25, 0.3) is 0 Å². The standard InChI is InChI=1S/C29H33ClN4O6S/c1-3-4-17-31-29(36)27(18-22-9-6-5-7-10-22)32(20-23-13-15-24(30)16-14-23)28(35)21-33(41(2,39)40)25-11-8-12-26(19-25)34(37)38/h5-16,19,27H,3-4,17-18,20-21H2,1-2H3,(H,31,36). The van der Waals surface area contributed by atoms with Gasteiger partial charge in [0.15, 0.2) is 0 Å². The number of hydrogen-bond acceptors (Lipinski definition) is 6.